The zero-order chi connectivity index (χ0) is 27.0. The summed E-state index contributed by atoms with van der Waals surface area (Å²) in [5, 5.41) is 12.9. The number of hydrogen-bond acceptors (Lipinski definition) is 8. The third kappa shape index (κ3) is 6.93. The van der Waals surface area contributed by atoms with Crippen LogP contribution in [-0.2, 0) is 34.4 Å². The molecule has 3 aromatic rings. The Kier molecular flexibility index (Phi) is 9.37. The van der Waals surface area contributed by atoms with Crippen molar-refractivity contribution in [2.75, 3.05) is 39.8 Å². The number of methoxy groups -OCH3 is 2. The Morgan fingerprint density at radius 1 is 0.973 bits per heavy atom. The van der Waals surface area contributed by atoms with Crippen molar-refractivity contribution in [1.29, 1.82) is 0 Å². The summed E-state index contributed by atoms with van der Waals surface area (Å²) in [5.74, 6) is 0.446. The zero-order valence-electron chi connectivity index (χ0n) is 21.4. The summed E-state index contributed by atoms with van der Waals surface area (Å²) in [4.78, 5) is 14.6. The molecule has 0 saturated carbocycles. The van der Waals surface area contributed by atoms with Crippen LogP contribution in [0.2, 0.25) is 0 Å². The van der Waals surface area contributed by atoms with E-state index in [9.17, 15) is 18.3 Å². The van der Waals surface area contributed by atoms with Crippen molar-refractivity contribution in [2.24, 2.45) is 0 Å². The Balaban J connectivity index is 1.72. The molecule has 2 N–H and O–H groups in total. The molecule has 3 rings (SSSR count). The summed E-state index contributed by atoms with van der Waals surface area (Å²) in [6.45, 7) is -0.156. The maximum atomic E-state index is 12.8. The maximum absolute atomic E-state index is 12.8. The van der Waals surface area contributed by atoms with Gasteiger partial charge in [-0.25, -0.2) is 0 Å². The summed E-state index contributed by atoms with van der Waals surface area (Å²) in [5.41, 5.74) is 2.55. The Bertz CT molecular complexity index is 1330. The van der Waals surface area contributed by atoms with Gasteiger partial charge in [0.05, 0.1) is 32.9 Å². The molecule has 10 heteroatoms. The monoisotopic (exact) mass is 528 g/mol. The first kappa shape index (κ1) is 27.8. The van der Waals surface area contributed by atoms with Crippen molar-refractivity contribution in [1.82, 2.24) is 5.32 Å². The minimum absolute atomic E-state index is 0.0423. The average Bonchev–Trinajstić information content (AvgIpc) is 2.89. The highest BCUT2D eigenvalue weighted by Crippen LogP contribution is 2.36. The molecule has 0 aliphatic carbocycles. The van der Waals surface area contributed by atoms with E-state index in [-0.39, 0.29) is 34.3 Å². The van der Waals surface area contributed by atoms with Gasteiger partial charge in [0.25, 0.3) is 0 Å². The minimum atomic E-state index is -4.19. The second kappa shape index (κ2) is 12.5. The summed E-state index contributed by atoms with van der Waals surface area (Å²) in [6.07, 6.45) is 0.513. The highest BCUT2D eigenvalue weighted by molar-refractivity contribution is 7.87. The molecular weight excluding hydrogens is 496 g/mol. The molecule has 9 nitrogen and oxygen atoms in total. The van der Waals surface area contributed by atoms with E-state index >= 15 is 0 Å². The molecule has 198 valence electrons. The molecule has 0 unspecified atom stereocenters. The molecule has 0 saturated heterocycles. The van der Waals surface area contributed by atoms with E-state index in [2.05, 4.69) is 5.32 Å². The fraction of sp³-hybridized carbons (Fsp3) is 0.296. The van der Waals surface area contributed by atoms with Gasteiger partial charge >= 0.3 is 10.1 Å². The van der Waals surface area contributed by atoms with E-state index in [1.54, 1.807) is 31.4 Å². The Labute approximate surface area is 217 Å². The second-order valence-electron chi connectivity index (χ2n) is 8.42. The highest BCUT2D eigenvalue weighted by atomic mass is 32.2. The molecule has 0 aliphatic heterocycles. The lowest BCUT2D eigenvalue weighted by atomic mass is 10.0. The third-order valence-corrected chi connectivity index (χ3v) is 6.97. The molecule has 0 aromatic heterocycles. The van der Waals surface area contributed by atoms with Crippen molar-refractivity contribution < 1.29 is 32.0 Å². The van der Waals surface area contributed by atoms with Crippen molar-refractivity contribution in [2.45, 2.75) is 24.3 Å². The number of amides is 1. The number of carbonyl (C=O) groups excluding carboxylic acids is 1. The number of nitrogens with zero attached hydrogens (tertiary/aromatic N) is 1. The van der Waals surface area contributed by atoms with Gasteiger partial charge in [-0.05, 0) is 47.9 Å². The van der Waals surface area contributed by atoms with E-state index in [0.717, 1.165) is 17.0 Å². The van der Waals surface area contributed by atoms with Crippen molar-refractivity contribution >= 4 is 21.7 Å². The molecule has 0 aliphatic rings. The predicted octanol–water partition coefficient (Wildman–Crippen LogP) is 2.93. The van der Waals surface area contributed by atoms with Gasteiger partial charge in [0.1, 0.15) is 10.6 Å². The zero-order valence-corrected chi connectivity index (χ0v) is 22.2. The molecule has 0 radical (unpaired) electrons. The molecule has 1 amide bonds. The highest BCUT2D eigenvalue weighted by Gasteiger charge is 2.24. The second-order valence-corrected chi connectivity index (χ2v) is 9.97. The van der Waals surface area contributed by atoms with E-state index in [4.69, 9.17) is 13.7 Å². The molecule has 37 heavy (non-hydrogen) atoms. The van der Waals surface area contributed by atoms with Gasteiger partial charge in [-0.1, -0.05) is 30.3 Å². The first-order chi connectivity index (χ1) is 17.7. The van der Waals surface area contributed by atoms with Gasteiger partial charge in [-0.3, -0.25) is 4.79 Å². The normalized spacial score (nSPS) is 11.1. The molecule has 0 spiro atoms. The third-order valence-electron chi connectivity index (χ3n) is 5.74. The van der Waals surface area contributed by atoms with Crippen LogP contribution in [0.4, 0.5) is 5.69 Å². The van der Waals surface area contributed by atoms with Gasteiger partial charge in [-0.15, -0.1) is 0 Å². The molecule has 0 bridgehead atoms. The van der Waals surface area contributed by atoms with Crippen molar-refractivity contribution in [3.05, 3.63) is 77.4 Å². The number of benzene rings is 3. The lowest BCUT2D eigenvalue weighted by Gasteiger charge is -2.18. The lowest BCUT2D eigenvalue weighted by Crippen LogP contribution is -2.27. The lowest BCUT2D eigenvalue weighted by molar-refractivity contribution is -0.120. The fourth-order valence-corrected chi connectivity index (χ4v) is 4.80. The van der Waals surface area contributed by atoms with E-state index in [0.29, 0.717) is 18.5 Å². The molecule has 0 heterocycles. The molecule has 0 atom stereocenters. The van der Waals surface area contributed by atoms with Crippen LogP contribution in [-0.4, -0.2) is 54.3 Å². The summed E-state index contributed by atoms with van der Waals surface area (Å²) in [7, 11) is 2.67. The van der Waals surface area contributed by atoms with Crippen molar-refractivity contribution in [3.8, 4) is 17.2 Å². The van der Waals surface area contributed by atoms with E-state index < -0.39 is 16.7 Å². The van der Waals surface area contributed by atoms with Crippen molar-refractivity contribution in [3.63, 3.8) is 0 Å². The van der Waals surface area contributed by atoms with Crippen LogP contribution < -0.4 is 23.9 Å². The van der Waals surface area contributed by atoms with Gasteiger partial charge in [0, 0.05) is 26.2 Å². The molecule has 3 aromatic carbocycles. The number of anilines is 1. The summed E-state index contributed by atoms with van der Waals surface area (Å²) >= 11 is 0. The standard InChI is InChI=1S/C27H32N2O7S/c1-29(2)23-12-10-19(16-25(23)35-4)14-15-28-26(31)17-20-11-13-24(34-3)27(22(20)18-30)36-37(32,33)21-8-6-5-7-9-21/h5-13,16,30H,14-15,17-18H2,1-4H3,(H,28,31). The summed E-state index contributed by atoms with van der Waals surface area (Å²) in [6, 6.07) is 16.6. The largest absolute Gasteiger partial charge is 0.495 e. The number of aliphatic hydroxyl groups excluding tert-OH is 1. The number of aliphatic hydroxyl groups is 1. The SMILES string of the molecule is COc1cc(CCNC(=O)Cc2ccc(OC)c(OS(=O)(=O)c3ccccc3)c2CO)ccc1N(C)C. The first-order valence-corrected chi connectivity index (χ1v) is 13.0. The van der Waals surface area contributed by atoms with Crippen LogP contribution >= 0.6 is 0 Å². The fourth-order valence-electron chi connectivity index (χ4n) is 3.81. The van der Waals surface area contributed by atoms with Gasteiger partial charge in [-0.2, -0.15) is 8.42 Å². The van der Waals surface area contributed by atoms with Gasteiger partial charge in [0.15, 0.2) is 11.5 Å². The van der Waals surface area contributed by atoms with Crippen LogP contribution in [0.3, 0.4) is 0 Å². The van der Waals surface area contributed by atoms with E-state index in [1.807, 2.05) is 37.2 Å². The molecule has 0 fully saturated rings. The minimum Gasteiger partial charge on any atom is -0.495 e. The Hall–Kier alpha value is -3.76. The van der Waals surface area contributed by atoms with Crippen LogP contribution in [0.1, 0.15) is 16.7 Å². The number of hydrogen-bond donors (Lipinski definition) is 2. The maximum Gasteiger partial charge on any atom is 0.339 e. The summed E-state index contributed by atoms with van der Waals surface area (Å²) < 4.78 is 41.7. The van der Waals surface area contributed by atoms with Crippen LogP contribution in [0.5, 0.6) is 17.2 Å². The Morgan fingerprint density at radius 3 is 2.30 bits per heavy atom. The smallest absolute Gasteiger partial charge is 0.339 e. The number of ether oxygens (including phenoxy) is 2. The van der Waals surface area contributed by atoms with Gasteiger partial charge < -0.3 is 29.0 Å². The van der Waals surface area contributed by atoms with E-state index in [1.165, 1.54) is 25.3 Å². The predicted molar refractivity (Wildman–Crippen MR) is 141 cm³/mol. The Morgan fingerprint density at radius 2 is 1.68 bits per heavy atom. The van der Waals surface area contributed by atoms with Crippen LogP contribution in [0.15, 0.2) is 65.6 Å². The quantitative estimate of drug-likeness (QED) is 0.345. The first-order valence-electron chi connectivity index (χ1n) is 11.6. The van der Waals surface area contributed by atoms with Crippen LogP contribution in [0, 0.1) is 0 Å². The molecular formula is C27H32N2O7S. The number of rotatable bonds is 12. The topological polar surface area (TPSA) is 114 Å². The number of carbonyl (C=O) groups is 1. The van der Waals surface area contributed by atoms with Gasteiger partial charge in [0.2, 0.25) is 5.91 Å². The number of nitrogens with one attached hydrogen (secondary N) is 1. The van der Waals surface area contributed by atoms with Crippen LogP contribution in [0.25, 0.3) is 0 Å². The average molecular weight is 529 g/mol.